The van der Waals surface area contributed by atoms with Gasteiger partial charge in [0.15, 0.2) is 0 Å². The molecule has 0 aromatic heterocycles. The van der Waals surface area contributed by atoms with Crippen molar-refractivity contribution in [2.75, 3.05) is 20.8 Å². The van der Waals surface area contributed by atoms with Crippen LogP contribution in [-0.2, 0) is 32.0 Å². The van der Waals surface area contributed by atoms with E-state index in [-0.39, 0.29) is 18.5 Å². The summed E-state index contributed by atoms with van der Waals surface area (Å²) in [5.74, 6) is -0.243. The molecule has 0 amide bonds. The molecule has 1 atom stereocenters. The van der Waals surface area contributed by atoms with E-state index in [0.29, 0.717) is 13.2 Å². The zero-order chi connectivity index (χ0) is 13.4. The molecule has 0 heterocycles. The first-order valence-electron chi connectivity index (χ1n) is 5.91. The zero-order valence-electron chi connectivity index (χ0n) is 11.1. The number of hydrogen-bond donors (Lipinski definition) is 0. The van der Waals surface area contributed by atoms with Crippen LogP contribution < -0.4 is 0 Å². The molecule has 0 bridgehead atoms. The van der Waals surface area contributed by atoms with Gasteiger partial charge < -0.3 is 14.2 Å². The van der Waals surface area contributed by atoms with Crippen molar-refractivity contribution in [1.82, 2.24) is 0 Å². The normalized spacial score (nSPS) is 12.2. The molecule has 1 rings (SSSR count). The molecule has 4 nitrogen and oxygen atoms in total. The van der Waals surface area contributed by atoms with Crippen molar-refractivity contribution in [1.29, 1.82) is 0 Å². The second-order valence-electron chi connectivity index (χ2n) is 4.10. The Kier molecular flexibility index (Phi) is 6.39. The quantitative estimate of drug-likeness (QED) is 0.696. The third-order valence-corrected chi connectivity index (χ3v) is 2.61. The average molecular weight is 252 g/mol. The van der Waals surface area contributed by atoms with Crippen LogP contribution in [0.2, 0.25) is 0 Å². The highest BCUT2D eigenvalue weighted by Gasteiger charge is 2.09. The molecule has 1 unspecified atom stereocenters. The van der Waals surface area contributed by atoms with Crippen molar-refractivity contribution in [3.05, 3.63) is 35.4 Å². The van der Waals surface area contributed by atoms with Gasteiger partial charge in [-0.05, 0) is 18.1 Å². The van der Waals surface area contributed by atoms with E-state index in [2.05, 4.69) is 4.74 Å². The standard InChI is InChI=1S/C14H20O4/c1-11(9-16-2)18-10-13-7-5-4-6-12(13)8-14(15)17-3/h4-7,11H,8-10H2,1-3H3. The Balaban J connectivity index is 2.61. The van der Waals surface area contributed by atoms with Gasteiger partial charge in [-0.2, -0.15) is 0 Å². The number of benzene rings is 1. The summed E-state index contributed by atoms with van der Waals surface area (Å²) in [5, 5.41) is 0. The van der Waals surface area contributed by atoms with Gasteiger partial charge in [0.2, 0.25) is 0 Å². The van der Waals surface area contributed by atoms with Crippen molar-refractivity contribution in [2.45, 2.75) is 26.1 Å². The molecule has 100 valence electrons. The number of rotatable bonds is 7. The predicted octanol–water partition coefficient (Wildman–Crippen LogP) is 1.95. The summed E-state index contributed by atoms with van der Waals surface area (Å²) in [7, 11) is 3.03. The van der Waals surface area contributed by atoms with Gasteiger partial charge in [-0.3, -0.25) is 4.79 Å². The van der Waals surface area contributed by atoms with Crippen molar-refractivity contribution in [3.8, 4) is 0 Å². The lowest BCUT2D eigenvalue weighted by molar-refractivity contribution is -0.139. The SMILES string of the molecule is COCC(C)OCc1ccccc1CC(=O)OC. The third kappa shape index (κ3) is 4.85. The van der Waals surface area contributed by atoms with Crippen LogP contribution in [0.3, 0.4) is 0 Å². The molecule has 0 aliphatic carbocycles. The minimum atomic E-state index is -0.243. The van der Waals surface area contributed by atoms with Crippen LogP contribution in [0.25, 0.3) is 0 Å². The van der Waals surface area contributed by atoms with E-state index in [9.17, 15) is 4.79 Å². The fraction of sp³-hybridized carbons (Fsp3) is 0.500. The monoisotopic (exact) mass is 252 g/mol. The maximum atomic E-state index is 11.3. The first kappa shape index (κ1) is 14.7. The lowest BCUT2D eigenvalue weighted by atomic mass is 10.1. The molecule has 0 saturated carbocycles. The molecule has 0 N–H and O–H groups in total. The molecule has 0 fully saturated rings. The number of esters is 1. The summed E-state index contributed by atoms with van der Waals surface area (Å²) >= 11 is 0. The van der Waals surface area contributed by atoms with E-state index in [1.807, 2.05) is 31.2 Å². The first-order chi connectivity index (χ1) is 8.67. The zero-order valence-corrected chi connectivity index (χ0v) is 11.1. The summed E-state index contributed by atoms with van der Waals surface area (Å²) in [6.07, 6.45) is 0.301. The van der Waals surface area contributed by atoms with Crippen LogP contribution in [0, 0.1) is 0 Å². The van der Waals surface area contributed by atoms with Crippen molar-refractivity contribution in [3.63, 3.8) is 0 Å². The number of carbonyl (C=O) groups is 1. The predicted molar refractivity (Wildman–Crippen MR) is 68.3 cm³/mol. The Hall–Kier alpha value is -1.39. The summed E-state index contributed by atoms with van der Waals surface area (Å²) in [5.41, 5.74) is 1.94. The van der Waals surface area contributed by atoms with Crippen molar-refractivity contribution < 1.29 is 19.0 Å². The smallest absolute Gasteiger partial charge is 0.309 e. The Morgan fingerprint density at radius 1 is 1.22 bits per heavy atom. The number of carbonyl (C=O) groups excluding carboxylic acids is 1. The second-order valence-corrected chi connectivity index (χ2v) is 4.10. The van der Waals surface area contributed by atoms with Crippen LogP contribution in [-0.4, -0.2) is 32.9 Å². The lowest BCUT2D eigenvalue weighted by Gasteiger charge is -2.14. The van der Waals surface area contributed by atoms with E-state index in [0.717, 1.165) is 11.1 Å². The van der Waals surface area contributed by atoms with E-state index < -0.39 is 0 Å². The number of ether oxygens (including phenoxy) is 3. The molecule has 4 heteroatoms. The first-order valence-corrected chi connectivity index (χ1v) is 5.91. The molecule has 1 aromatic carbocycles. The highest BCUT2D eigenvalue weighted by molar-refractivity contribution is 5.72. The molecule has 0 aliphatic heterocycles. The molecule has 1 aromatic rings. The van der Waals surface area contributed by atoms with Crippen molar-refractivity contribution in [2.24, 2.45) is 0 Å². The summed E-state index contributed by atoms with van der Waals surface area (Å²) in [6.45, 7) is 2.98. The van der Waals surface area contributed by atoms with Gasteiger partial charge in [0, 0.05) is 7.11 Å². The van der Waals surface area contributed by atoms with Crippen LogP contribution in [0.4, 0.5) is 0 Å². The highest BCUT2D eigenvalue weighted by Crippen LogP contribution is 2.12. The maximum Gasteiger partial charge on any atom is 0.309 e. The molecule has 0 radical (unpaired) electrons. The number of methoxy groups -OCH3 is 2. The molecular weight excluding hydrogens is 232 g/mol. The molecule has 0 aliphatic rings. The van der Waals surface area contributed by atoms with Gasteiger partial charge in [0.1, 0.15) is 0 Å². The van der Waals surface area contributed by atoms with E-state index in [4.69, 9.17) is 9.47 Å². The largest absolute Gasteiger partial charge is 0.469 e. The summed E-state index contributed by atoms with van der Waals surface area (Å²) in [4.78, 5) is 11.3. The van der Waals surface area contributed by atoms with Gasteiger partial charge in [-0.25, -0.2) is 0 Å². The van der Waals surface area contributed by atoms with Gasteiger partial charge in [-0.15, -0.1) is 0 Å². The Bertz CT molecular complexity index is 376. The van der Waals surface area contributed by atoms with E-state index >= 15 is 0 Å². The summed E-state index contributed by atoms with van der Waals surface area (Å²) < 4.78 is 15.3. The van der Waals surface area contributed by atoms with Gasteiger partial charge in [0.05, 0.1) is 32.8 Å². The Morgan fingerprint density at radius 2 is 1.89 bits per heavy atom. The Labute approximate surface area is 108 Å². The van der Waals surface area contributed by atoms with Crippen LogP contribution >= 0.6 is 0 Å². The van der Waals surface area contributed by atoms with Crippen LogP contribution in [0.1, 0.15) is 18.1 Å². The summed E-state index contributed by atoms with van der Waals surface area (Å²) in [6, 6.07) is 7.70. The minimum Gasteiger partial charge on any atom is -0.469 e. The Morgan fingerprint density at radius 3 is 2.50 bits per heavy atom. The van der Waals surface area contributed by atoms with Gasteiger partial charge in [-0.1, -0.05) is 24.3 Å². The molecule has 0 spiro atoms. The fourth-order valence-electron chi connectivity index (χ4n) is 1.61. The second kappa shape index (κ2) is 7.84. The fourth-order valence-corrected chi connectivity index (χ4v) is 1.61. The topological polar surface area (TPSA) is 44.8 Å². The van der Waals surface area contributed by atoms with Crippen molar-refractivity contribution >= 4 is 5.97 Å². The molecule has 18 heavy (non-hydrogen) atoms. The highest BCUT2D eigenvalue weighted by atomic mass is 16.5. The van der Waals surface area contributed by atoms with Gasteiger partial charge in [0.25, 0.3) is 0 Å². The number of hydrogen-bond acceptors (Lipinski definition) is 4. The van der Waals surface area contributed by atoms with E-state index in [1.54, 1.807) is 7.11 Å². The lowest BCUT2D eigenvalue weighted by Crippen LogP contribution is -2.15. The van der Waals surface area contributed by atoms with Crippen LogP contribution in [0.15, 0.2) is 24.3 Å². The van der Waals surface area contributed by atoms with Gasteiger partial charge >= 0.3 is 5.97 Å². The minimum absolute atomic E-state index is 0.0289. The molecule has 0 saturated heterocycles. The molecular formula is C14H20O4. The average Bonchev–Trinajstić information content (AvgIpc) is 2.38. The maximum absolute atomic E-state index is 11.3. The third-order valence-electron chi connectivity index (χ3n) is 2.61. The van der Waals surface area contributed by atoms with E-state index in [1.165, 1.54) is 7.11 Å². The van der Waals surface area contributed by atoms with Crippen LogP contribution in [0.5, 0.6) is 0 Å².